The molecule has 0 spiro atoms. The van der Waals surface area contributed by atoms with Gasteiger partial charge in [-0.3, -0.25) is 4.99 Å². The molecule has 1 rings (SSSR count). The highest BCUT2D eigenvalue weighted by molar-refractivity contribution is 14.0. The number of rotatable bonds is 10. The zero-order valence-corrected chi connectivity index (χ0v) is 17.5. The van der Waals surface area contributed by atoms with Gasteiger partial charge in [0.15, 0.2) is 5.96 Å². The lowest BCUT2D eigenvalue weighted by Gasteiger charge is -2.11. The summed E-state index contributed by atoms with van der Waals surface area (Å²) in [5.41, 5.74) is 0. The highest BCUT2D eigenvalue weighted by atomic mass is 127. The van der Waals surface area contributed by atoms with Crippen LogP contribution in [-0.2, 0) is 0 Å². The lowest BCUT2D eigenvalue weighted by atomic mass is 10.3. The van der Waals surface area contributed by atoms with Gasteiger partial charge >= 0.3 is 0 Å². The van der Waals surface area contributed by atoms with Crippen LogP contribution in [0.5, 0.6) is 0 Å². The van der Waals surface area contributed by atoms with Gasteiger partial charge in [-0.2, -0.15) is 11.8 Å². The molecule has 0 saturated heterocycles. The van der Waals surface area contributed by atoms with Crippen LogP contribution in [0.25, 0.3) is 0 Å². The topological polar surface area (TPSA) is 36.4 Å². The third-order valence-corrected chi connectivity index (χ3v) is 4.71. The second-order valence-electron chi connectivity index (χ2n) is 4.64. The molecule has 0 aliphatic rings. The number of halogens is 1. The molecule has 0 radical (unpaired) electrons. The maximum atomic E-state index is 4.24. The van der Waals surface area contributed by atoms with Crippen LogP contribution >= 0.6 is 47.5 Å². The van der Waals surface area contributed by atoms with Crippen LogP contribution < -0.4 is 10.6 Å². The molecular weight excluding hydrogens is 425 g/mol. The van der Waals surface area contributed by atoms with Crippen molar-refractivity contribution < 1.29 is 0 Å². The highest BCUT2D eigenvalue weighted by Gasteiger charge is 1.97. The third kappa shape index (κ3) is 11.5. The number of unbranched alkanes of at least 4 members (excludes halogenated alkanes) is 1. The standard InChI is InChI=1S/C16H27N3S2.HI/c1-17-16(18-11-6-7-13-20-2)19-12-8-14-21-15-9-4-3-5-10-15;/h3-5,9-10H,6-8,11-14H2,1-2H3,(H2,17,18,19);1H. The Labute approximate surface area is 160 Å². The number of hydrogen-bond acceptors (Lipinski definition) is 3. The molecule has 0 aliphatic carbocycles. The maximum Gasteiger partial charge on any atom is 0.190 e. The first kappa shape index (κ1) is 21.9. The molecule has 3 nitrogen and oxygen atoms in total. The molecule has 0 atom stereocenters. The molecule has 0 fully saturated rings. The molecule has 0 unspecified atom stereocenters. The van der Waals surface area contributed by atoms with Gasteiger partial charge in [0.25, 0.3) is 0 Å². The summed E-state index contributed by atoms with van der Waals surface area (Å²) in [7, 11) is 1.83. The Bertz CT molecular complexity index is 388. The van der Waals surface area contributed by atoms with Crippen molar-refractivity contribution in [2.24, 2.45) is 4.99 Å². The van der Waals surface area contributed by atoms with E-state index in [-0.39, 0.29) is 24.0 Å². The summed E-state index contributed by atoms with van der Waals surface area (Å²) in [5.74, 6) is 3.29. The van der Waals surface area contributed by atoms with Crippen molar-refractivity contribution in [3.8, 4) is 0 Å². The van der Waals surface area contributed by atoms with Crippen LogP contribution in [0, 0.1) is 0 Å². The summed E-state index contributed by atoms with van der Waals surface area (Å²) in [6, 6.07) is 10.5. The number of thioether (sulfide) groups is 2. The number of guanidine groups is 1. The average molecular weight is 453 g/mol. The molecule has 0 saturated carbocycles. The number of benzene rings is 1. The van der Waals surface area contributed by atoms with Crippen LogP contribution in [-0.4, -0.2) is 43.9 Å². The molecule has 2 N–H and O–H groups in total. The van der Waals surface area contributed by atoms with Crippen molar-refractivity contribution in [1.82, 2.24) is 10.6 Å². The van der Waals surface area contributed by atoms with E-state index in [9.17, 15) is 0 Å². The Morgan fingerprint density at radius 3 is 2.32 bits per heavy atom. The molecule has 0 bridgehead atoms. The lowest BCUT2D eigenvalue weighted by molar-refractivity contribution is 0.728. The van der Waals surface area contributed by atoms with Crippen molar-refractivity contribution in [1.29, 1.82) is 0 Å². The molecular formula is C16H28IN3S2. The number of aliphatic imine (C=N–C) groups is 1. The molecule has 1 aromatic rings. The molecule has 0 aliphatic heterocycles. The van der Waals surface area contributed by atoms with E-state index in [0.717, 1.165) is 31.2 Å². The van der Waals surface area contributed by atoms with E-state index in [4.69, 9.17) is 0 Å². The Kier molecular flexibility index (Phi) is 15.7. The summed E-state index contributed by atoms with van der Waals surface area (Å²) in [6.07, 6.45) is 5.75. The molecule has 22 heavy (non-hydrogen) atoms. The Hall–Kier alpha value is -0.0800. The van der Waals surface area contributed by atoms with Crippen molar-refractivity contribution in [3.63, 3.8) is 0 Å². The summed E-state index contributed by atoms with van der Waals surface area (Å²) in [5, 5.41) is 6.73. The second-order valence-corrected chi connectivity index (χ2v) is 6.79. The molecule has 0 heterocycles. The molecule has 1 aromatic carbocycles. The molecule has 126 valence electrons. The zero-order valence-electron chi connectivity index (χ0n) is 13.5. The van der Waals surface area contributed by atoms with E-state index >= 15 is 0 Å². The van der Waals surface area contributed by atoms with Gasteiger partial charge in [0.1, 0.15) is 0 Å². The minimum absolute atomic E-state index is 0. The van der Waals surface area contributed by atoms with Gasteiger partial charge in [0.05, 0.1) is 0 Å². The Morgan fingerprint density at radius 2 is 1.68 bits per heavy atom. The Morgan fingerprint density at radius 1 is 1.00 bits per heavy atom. The predicted octanol–water partition coefficient (Wildman–Crippen LogP) is 4.10. The summed E-state index contributed by atoms with van der Waals surface area (Å²) in [4.78, 5) is 5.59. The van der Waals surface area contributed by atoms with Gasteiger partial charge in [0.2, 0.25) is 0 Å². The molecule has 0 aromatic heterocycles. The van der Waals surface area contributed by atoms with Crippen LogP contribution in [0.4, 0.5) is 0 Å². The monoisotopic (exact) mass is 453 g/mol. The first-order valence-corrected chi connectivity index (χ1v) is 9.86. The fraction of sp³-hybridized carbons (Fsp3) is 0.562. The van der Waals surface area contributed by atoms with E-state index in [2.05, 4.69) is 52.2 Å². The van der Waals surface area contributed by atoms with E-state index in [1.807, 2.05) is 30.6 Å². The van der Waals surface area contributed by atoms with Crippen molar-refractivity contribution in [2.75, 3.05) is 37.9 Å². The Balaban J connectivity index is 0.00000441. The minimum atomic E-state index is 0. The van der Waals surface area contributed by atoms with E-state index in [1.54, 1.807) is 0 Å². The van der Waals surface area contributed by atoms with E-state index < -0.39 is 0 Å². The van der Waals surface area contributed by atoms with Gasteiger partial charge in [-0.1, -0.05) is 18.2 Å². The fourth-order valence-electron chi connectivity index (χ4n) is 1.78. The van der Waals surface area contributed by atoms with Crippen molar-refractivity contribution in [2.45, 2.75) is 24.2 Å². The van der Waals surface area contributed by atoms with Gasteiger partial charge in [0, 0.05) is 25.0 Å². The lowest BCUT2D eigenvalue weighted by Crippen LogP contribution is -2.38. The van der Waals surface area contributed by atoms with E-state index in [1.165, 1.54) is 23.5 Å². The fourth-order valence-corrected chi connectivity index (χ4v) is 3.15. The van der Waals surface area contributed by atoms with Crippen molar-refractivity contribution in [3.05, 3.63) is 30.3 Å². The SMILES string of the molecule is CN=C(NCCCCSC)NCCCSc1ccccc1.I. The van der Waals surface area contributed by atoms with Crippen LogP contribution in [0.1, 0.15) is 19.3 Å². The summed E-state index contributed by atoms with van der Waals surface area (Å²) in [6.45, 7) is 1.96. The average Bonchev–Trinajstić information content (AvgIpc) is 2.53. The highest BCUT2D eigenvalue weighted by Crippen LogP contribution is 2.17. The largest absolute Gasteiger partial charge is 0.356 e. The van der Waals surface area contributed by atoms with Crippen LogP contribution in [0.15, 0.2) is 40.2 Å². The third-order valence-electron chi connectivity index (χ3n) is 2.92. The van der Waals surface area contributed by atoms with Crippen LogP contribution in [0.3, 0.4) is 0 Å². The second kappa shape index (κ2) is 15.8. The molecule has 6 heteroatoms. The number of nitrogens with zero attached hydrogens (tertiary/aromatic N) is 1. The van der Waals surface area contributed by atoms with Gasteiger partial charge in [-0.25, -0.2) is 0 Å². The van der Waals surface area contributed by atoms with Gasteiger partial charge in [-0.15, -0.1) is 35.7 Å². The number of nitrogens with one attached hydrogen (secondary N) is 2. The van der Waals surface area contributed by atoms with Crippen LogP contribution in [0.2, 0.25) is 0 Å². The summed E-state index contributed by atoms with van der Waals surface area (Å²) < 4.78 is 0. The quantitative estimate of drug-likeness (QED) is 0.184. The minimum Gasteiger partial charge on any atom is -0.356 e. The smallest absolute Gasteiger partial charge is 0.190 e. The summed E-state index contributed by atoms with van der Waals surface area (Å²) >= 11 is 3.81. The van der Waals surface area contributed by atoms with Crippen molar-refractivity contribution >= 4 is 53.5 Å². The predicted molar refractivity (Wildman–Crippen MR) is 114 cm³/mol. The first-order valence-electron chi connectivity index (χ1n) is 7.48. The maximum absolute atomic E-state index is 4.24. The van der Waals surface area contributed by atoms with Gasteiger partial charge < -0.3 is 10.6 Å². The van der Waals surface area contributed by atoms with Gasteiger partial charge in [-0.05, 0) is 49.2 Å². The van der Waals surface area contributed by atoms with E-state index in [0.29, 0.717) is 0 Å². The first-order chi connectivity index (χ1) is 10.4. The normalized spacial score (nSPS) is 10.9. The zero-order chi connectivity index (χ0) is 15.2. The number of hydrogen-bond donors (Lipinski definition) is 2. The molecule has 0 amide bonds.